The third-order valence-electron chi connectivity index (χ3n) is 3.59. The lowest BCUT2D eigenvalue weighted by molar-refractivity contribution is -0.114. The average molecular weight is 333 g/mol. The average Bonchev–Trinajstić information content (AvgIpc) is 2.49. The standard InChI is InChI=1S/C18H21ClN2O2/c1-12-5-6-13(2)16(9-12)21(3)11-18(22)20-15-10-14(19)7-8-17(15)23-4/h5-10H,11H2,1-4H3,(H,20,22). The zero-order valence-corrected chi connectivity index (χ0v) is 14.6. The lowest BCUT2D eigenvalue weighted by atomic mass is 10.1. The van der Waals surface area contributed by atoms with Crippen LogP contribution in [0.2, 0.25) is 5.02 Å². The van der Waals surface area contributed by atoms with Gasteiger partial charge in [0, 0.05) is 17.8 Å². The Bertz CT molecular complexity index is 716. The van der Waals surface area contributed by atoms with Gasteiger partial charge in [-0.25, -0.2) is 0 Å². The number of methoxy groups -OCH3 is 1. The van der Waals surface area contributed by atoms with Gasteiger partial charge >= 0.3 is 0 Å². The number of amides is 1. The highest BCUT2D eigenvalue weighted by atomic mass is 35.5. The van der Waals surface area contributed by atoms with Gasteiger partial charge in [-0.2, -0.15) is 0 Å². The van der Waals surface area contributed by atoms with Crippen LogP contribution in [0.25, 0.3) is 0 Å². The maximum atomic E-state index is 12.3. The number of ether oxygens (including phenoxy) is 1. The first kappa shape index (κ1) is 17.2. The summed E-state index contributed by atoms with van der Waals surface area (Å²) in [4.78, 5) is 14.2. The molecular formula is C18H21ClN2O2. The van der Waals surface area contributed by atoms with Crippen LogP contribution in [0.3, 0.4) is 0 Å². The molecule has 0 aliphatic rings. The van der Waals surface area contributed by atoms with Crippen LogP contribution in [0.4, 0.5) is 11.4 Å². The summed E-state index contributed by atoms with van der Waals surface area (Å²) in [5, 5.41) is 3.39. The second kappa shape index (κ2) is 7.38. The van der Waals surface area contributed by atoms with Gasteiger partial charge in [-0.1, -0.05) is 23.7 Å². The number of rotatable bonds is 5. The van der Waals surface area contributed by atoms with Gasteiger partial charge in [-0.05, 0) is 49.2 Å². The molecule has 0 spiro atoms. The van der Waals surface area contributed by atoms with Gasteiger partial charge in [0.05, 0.1) is 19.3 Å². The van der Waals surface area contributed by atoms with E-state index in [1.165, 1.54) is 0 Å². The summed E-state index contributed by atoms with van der Waals surface area (Å²) in [5.41, 5.74) is 3.90. The molecule has 4 nitrogen and oxygen atoms in total. The Morgan fingerprint density at radius 2 is 1.96 bits per heavy atom. The topological polar surface area (TPSA) is 41.6 Å². The van der Waals surface area contributed by atoms with Crippen LogP contribution in [0.15, 0.2) is 36.4 Å². The molecule has 1 amide bonds. The fraction of sp³-hybridized carbons (Fsp3) is 0.278. The number of aryl methyl sites for hydroxylation is 2. The van der Waals surface area contributed by atoms with E-state index in [-0.39, 0.29) is 12.5 Å². The van der Waals surface area contributed by atoms with Gasteiger partial charge < -0.3 is 15.0 Å². The first-order valence-electron chi connectivity index (χ1n) is 7.32. The number of anilines is 2. The Balaban J connectivity index is 2.10. The molecule has 0 unspecified atom stereocenters. The number of carbonyl (C=O) groups is 1. The van der Waals surface area contributed by atoms with Crippen molar-refractivity contribution >= 4 is 28.9 Å². The monoisotopic (exact) mass is 332 g/mol. The van der Waals surface area contributed by atoms with Gasteiger partial charge in [0.25, 0.3) is 0 Å². The Kier molecular flexibility index (Phi) is 5.50. The molecule has 0 aliphatic carbocycles. The summed E-state index contributed by atoms with van der Waals surface area (Å²) in [6, 6.07) is 11.3. The fourth-order valence-corrected chi connectivity index (χ4v) is 2.57. The maximum absolute atomic E-state index is 12.3. The van der Waals surface area contributed by atoms with Crippen molar-refractivity contribution in [2.75, 3.05) is 30.9 Å². The van der Waals surface area contributed by atoms with Crippen molar-refractivity contribution in [3.05, 3.63) is 52.5 Å². The van der Waals surface area contributed by atoms with E-state index >= 15 is 0 Å². The molecule has 0 bridgehead atoms. The van der Waals surface area contributed by atoms with E-state index in [0.29, 0.717) is 16.5 Å². The van der Waals surface area contributed by atoms with Crippen molar-refractivity contribution in [1.29, 1.82) is 0 Å². The van der Waals surface area contributed by atoms with E-state index in [1.807, 2.05) is 25.8 Å². The number of halogens is 1. The predicted octanol–water partition coefficient (Wildman–Crippen LogP) is 4.04. The van der Waals surface area contributed by atoms with Crippen LogP contribution in [0.5, 0.6) is 5.75 Å². The predicted molar refractivity (Wildman–Crippen MR) is 95.8 cm³/mol. The third kappa shape index (κ3) is 4.39. The number of hydrogen-bond donors (Lipinski definition) is 1. The lowest BCUT2D eigenvalue weighted by Crippen LogP contribution is -2.30. The van der Waals surface area contributed by atoms with E-state index < -0.39 is 0 Å². The second-order valence-corrected chi connectivity index (χ2v) is 5.98. The molecule has 2 aromatic rings. The molecule has 23 heavy (non-hydrogen) atoms. The Morgan fingerprint density at radius 3 is 2.65 bits per heavy atom. The Labute approximate surface area is 142 Å². The maximum Gasteiger partial charge on any atom is 0.243 e. The van der Waals surface area contributed by atoms with Gasteiger partial charge in [0.15, 0.2) is 0 Å². The summed E-state index contributed by atoms with van der Waals surface area (Å²) in [6.07, 6.45) is 0. The highest BCUT2D eigenvalue weighted by Crippen LogP contribution is 2.28. The minimum absolute atomic E-state index is 0.131. The van der Waals surface area contributed by atoms with E-state index in [4.69, 9.17) is 16.3 Å². The molecule has 122 valence electrons. The first-order valence-corrected chi connectivity index (χ1v) is 7.70. The van der Waals surface area contributed by atoms with Crippen LogP contribution >= 0.6 is 11.6 Å². The quantitative estimate of drug-likeness (QED) is 0.898. The molecule has 0 saturated heterocycles. The van der Waals surface area contributed by atoms with Crippen molar-refractivity contribution in [1.82, 2.24) is 0 Å². The molecule has 5 heteroatoms. The largest absolute Gasteiger partial charge is 0.495 e. The van der Waals surface area contributed by atoms with E-state index in [1.54, 1.807) is 25.3 Å². The molecule has 2 rings (SSSR count). The van der Waals surface area contributed by atoms with Crippen LogP contribution in [-0.2, 0) is 4.79 Å². The van der Waals surface area contributed by atoms with Crippen LogP contribution < -0.4 is 15.0 Å². The van der Waals surface area contributed by atoms with Crippen molar-refractivity contribution in [3.63, 3.8) is 0 Å². The van der Waals surface area contributed by atoms with E-state index in [2.05, 4.69) is 23.5 Å². The molecular weight excluding hydrogens is 312 g/mol. The Hall–Kier alpha value is -2.20. The minimum Gasteiger partial charge on any atom is -0.495 e. The highest BCUT2D eigenvalue weighted by molar-refractivity contribution is 6.31. The van der Waals surface area contributed by atoms with Crippen LogP contribution in [0.1, 0.15) is 11.1 Å². The SMILES string of the molecule is COc1ccc(Cl)cc1NC(=O)CN(C)c1cc(C)ccc1C. The third-order valence-corrected chi connectivity index (χ3v) is 3.83. The molecule has 1 N–H and O–H groups in total. The number of benzene rings is 2. The van der Waals surface area contributed by atoms with Gasteiger partial charge in [-0.3, -0.25) is 4.79 Å². The molecule has 0 saturated carbocycles. The Morgan fingerprint density at radius 1 is 1.22 bits per heavy atom. The summed E-state index contributed by atoms with van der Waals surface area (Å²) in [6.45, 7) is 4.30. The summed E-state index contributed by atoms with van der Waals surface area (Å²) in [5.74, 6) is 0.450. The summed E-state index contributed by atoms with van der Waals surface area (Å²) in [7, 11) is 3.46. The van der Waals surface area contributed by atoms with Crippen LogP contribution in [-0.4, -0.2) is 26.6 Å². The molecule has 0 aromatic heterocycles. The smallest absolute Gasteiger partial charge is 0.243 e. The number of nitrogens with zero attached hydrogens (tertiary/aromatic N) is 1. The number of nitrogens with one attached hydrogen (secondary N) is 1. The zero-order valence-electron chi connectivity index (χ0n) is 13.8. The van der Waals surface area contributed by atoms with Gasteiger partial charge in [0.2, 0.25) is 5.91 Å². The fourth-order valence-electron chi connectivity index (χ4n) is 2.40. The number of likely N-dealkylation sites (N-methyl/N-ethyl adjacent to an activating group) is 1. The molecule has 2 aromatic carbocycles. The van der Waals surface area contributed by atoms with Crippen molar-refractivity contribution in [2.24, 2.45) is 0 Å². The van der Waals surface area contributed by atoms with E-state index in [9.17, 15) is 4.79 Å². The molecule has 0 fully saturated rings. The highest BCUT2D eigenvalue weighted by Gasteiger charge is 2.12. The van der Waals surface area contributed by atoms with Crippen LogP contribution in [0, 0.1) is 13.8 Å². The van der Waals surface area contributed by atoms with Gasteiger partial charge in [0.1, 0.15) is 5.75 Å². The molecule has 0 heterocycles. The summed E-state index contributed by atoms with van der Waals surface area (Å²) < 4.78 is 5.24. The number of hydrogen-bond acceptors (Lipinski definition) is 3. The first-order chi connectivity index (χ1) is 10.9. The lowest BCUT2D eigenvalue weighted by Gasteiger charge is -2.21. The van der Waals surface area contributed by atoms with E-state index in [0.717, 1.165) is 16.8 Å². The summed E-state index contributed by atoms with van der Waals surface area (Å²) >= 11 is 5.98. The number of carbonyl (C=O) groups excluding carboxylic acids is 1. The second-order valence-electron chi connectivity index (χ2n) is 5.54. The minimum atomic E-state index is -0.131. The zero-order chi connectivity index (χ0) is 17.0. The normalized spacial score (nSPS) is 10.3. The molecule has 0 radical (unpaired) electrons. The molecule has 0 aliphatic heterocycles. The van der Waals surface area contributed by atoms with Crippen molar-refractivity contribution in [2.45, 2.75) is 13.8 Å². The van der Waals surface area contributed by atoms with Gasteiger partial charge in [-0.15, -0.1) is 0 Å². The molecule has 0 atom stereocenters. The van der Waals surface area contributed by atoms with Crippen molar-refractivity contribution in [3.8, 4) is 5.75 Å². The van der Waals surface area contributed by atoms with Crippen molar-refractivity contribution < 1.29 is 9.53 Å².